The molecule has 2 aromatic carbocycles. The third-order valence-electron chi connectivity index (χ3n) is 4.37. The molecule has 1 heterocycles. The van der Waals surface area contributed by atoms with Gasteiger partial charge in [0.05, 0.1) is 13.1 Å². The summed E-state index contributed by atoms with van der Waals surface area (Å²) in [7, 11) is 0. The van der Waals surface area contributed by atoms with E-state index in [1.165, 1.54) is 28.2 Å². The van der Waals surface area contributed by atoms with Gasteiger partial charge in [0, 0.05) is 12.0 Å². The molecule has 1 unspecified atom stereocenters. The molecule has 0 radical (unpaired) electrons. The lowest BCUT2D eigenvalue weighted by Crippen LogP contribution is -3.11. The molecule has 0 bridgehead atoms. The van der Waals surface area contributed by atoms with Crippen LogP contribution in [0.25, 0.3) is 5.57 Å². The number of hydrogen-bond acceptors (Lipinski definition) is 1. The fourth-order valence-corrected chi connectivity index (χ4v) is 3.08. The number of hydrogen-bond donors (Lipinski definition) is 1. The zero-order chi connectivity index (χ0) is 16.8. The SMILES string of the molecule is C=CCOc1ccccc1C[NH+]1CC=C(c2ccc(F)cc2)CC1. The Morgan fingerprint density at radius 2 is 1.92 bits per heavy atom. The molecule has 0 aliphatic carbocycles. The maximum Gasteiger partial charge on any atom is 0.128 e. The van der Waals surface area contributed by atoms with E-state index in [1.807, 2.05) is 24.3 Å². The van der Waals surface area contributed by atoms with Crippen molar-refractivity contribution >= 4 is 5.57 Å². The molecule has 0 saturated carbocycles. The number of quaternary nitrogens is 1. The summed E-state index contributed by atoms with van der Waals surface area (Å²) in [6.45, 7) is 7.22. The highest BCUT2D eigenvalue weighted by molar-refractivity contribution is 5.65. The maximum atomic E-state index is 13.0. The summed E-state index contributed by atoms with van der Waals surface area (Å²) in [4.78, 5) is 1.51. The van der Waals surface area contributed by atoms with Crippen LogP contribution in [0.2, 0.25) is 0 Å². The number of benzene rings is 2. The highest BCUT2D eigenvalue weighted by atomic mass is 19.1. The summed E-state index contributed by atoms with van der Waals surface area (Å²) in [6.07, 6.45) is 5.05. The van der Waals surface area contributed by atoms with Crippen LogP contribution in [-0.2, 0) is 6.54 Å². The molecule has 124 valence electrons. The van der Waals surface area contributed by atoms with Crippen molar-refractivity contribution in [1.82, 2.24) is 0 Å². The van der Waals surface area contributed by atoms with Crippen LogP contribution in [0.5, 0.6) is 5.75 Å². The molecule has 2 aromatic rings. The van der Waals surface area contributed by atoms with E-state index < -0.39 is 0 Å². The van der Waals surface area contributed by atoms with E-state index in [9.17, 15) is 4.39 Å². The van der Waals surface area contributed by atoms with Gasteiger partial charge >= 0.3 is 0 Å². The van der Waals surface area contributed by atoms with Crippen LogP contribution in [0.4, 0.5) is 4.39 Å². The van der Waals surface area contributed by atoms with E-state index in [4.69, 9.17) is 4.74 Å². The maximum absolute atomic E-state index is 13.0. The molecule has 1 N–H and O–H groups in total. The Morgan fingerprint density at radius 1 is 1.12 bits per heavy atom. The minimum Gasteiger partial charge on any atom is -0.489 e. The normalized spacial score (nSPS) is 17.2. The molecule has 1 aliphatic heterocycles. The molecule has 0 saturated heterocycles. The van der Waals surface area contributed by atoms with Crippen molar-refractivity contribution in [2.75, 3.05) is 19.7 Å². The first-order chi connectivity index (χ1) is 11.8. The van der Waals surface area contributed by atoms with Crippen molar-refractivity contribution < 1.29 is 14.0 Å². The molecular weight excluding hydrogens is 301 g/mol. The highest BCUT2D eigenvalue weighted by Gasteiger charge is 2.18. The monoisotopic (exact) mass is 324 g/mol. The van der Waals surface area contributed by atoms with Gasteiger partial charge in [0.2, 0.25) is 0 Å². The smallest absolute Gasteiger partial charge is 0.128 e. The molecule has 3 rings (SSSR count). The molecule has 0 aromatic heterocycles. The van der Waals surface area contributed by atoms with Crippen LogP contribution < -0.4 is 9.64 Å². The Kier molecular flexibility index (Phi) is 5.44. The van der Waals surface area contributed by atoms with Crippen molar-refractivity contribution in [3.05, 3.63) is 84.2 Å². The summed E-state index contributed by atoms with van der Waals surface area (Å²) in [5.41, 5.74) is 3.67. The fourth-order valence-electron chi connectivity index (χ4n) is 3.08. The zero-order valence-corrected chi connectivity index (χ0v) is 13.8. The molecular formula is C21H23FNO+. The van der Waals surface area contributed by atoms with Crippen LogP contribution >= 0.6 is 0 Å². The third-order valence-corrected chi connectivity index (χ3v) is 4.37. The molecule has 24 heavy (non-hydrogen) atoms. The molecule has 0 spiro atoms. The van der Waals surface area contributed by atoms with Gasteiger partial charge in [0.15, 0.2) is 0 Å². The topological polar surface area (TPSA) is 13.7 Å². The lowest BCUT2D eigenvalue weighted by atomic mass is 9.99. The largest absolute Gasteiger partial charge is 0.489 e. The second-order valence-corrected chi connectivity index (χ2v) is 6.07. The van der Waals surface area contributed by atoms with Gasteiger partial charge in [0.1, 0.15) is 24.7 Å². The van der Waals surface area contributed by atoms with E-state index >= 15 is 0 Å². The highest BCUT2D eigenvalue weighted by Crippen LogP contribution is 2.20. The minimum atomic E-state index is -0.182. The van der Waals surface area contributed by atoms with Gasteiger partial charge in [-0.3, -0.25) is 0 Å². The van der Waals surface area contributed by atoms with Gasteiger partial charge in [-0.05, 0) is 41.5 Å². The number of ether oxygens (including phenoxy) is 1. The summed E-state index contributed by atoms with van der Waals surface area (Å²) in [5.74, 6) is 0.761. The molecule has 1 aliphatic rings. The minimum absolute atomic E-state index is 0.182. The van der Waals surface area contributed by atoms with Crippen LogP contribution in [-0.4, -0.2) is 19.7 Å². The Morgan fingerprint density at radius 3 is 2.62 bits per heavy atom. The first-order valence-corrected chi connectivity index (χ1v) is 8.36. The van der Waals surface area contributed by atoms with Gasteiger partial charge < -0.3 is 9.64 Å². The fraction of sp³-hybridized carbons (Fsp3) is 0.238. The Bertz CT molecular complexity index is 721. The molecule has 1 atom stereocenters. The zero-order valence-electron chi connectivity index (χ0n) is 13.8. The Balaban J connectivity index is 1.65. The Hall–Kier alpha value is -2.39. The van der Waals surface area contributed by atoms with Crippen LogP contribution in [0.1, 0.15) is 17.5 Å². The number of para-hydroxylation sites is 1. The summed E-state index contributed by atoms with van der Waals surface area (Å²) < 4.78 is 18.8. The van der Waals surface area contributed by atoms with E-state index in [0.717, 1.165) is 37.4 Å². The van der Waals surface area contributed by atoms with Gasteiger partial charge in [-0.15, -0.1) is 0 Å². The second-order valence-electron chi connectivity index (χ2n) is 6.07. The molecule has 3 heteroatoms. The molecule has 0 fully saturated rings. The van der Waals surface area contributed by atoms with E-state index in [-0.39, 0.29) is 5.82 Å². The average molecular weight is 324 g/mol. The predicted octanol–water partition coefficient (Wildman–Crippen LogP) is 3.26. The van der Waals surface area contributed by atoms with Gasteiger partial charge in [-0.25, -0.2) is 4.39 Å². The van der Waals surface area contributed by atoms with E-state index in [0.29, 0.717) is 6.61 Å². The molecule has 2 nitrogen and oxygen atoms in total. The van der Waals surface area contributed by atoms with Crippen molar-refractivity contribution in [3.63, 3.8) is 0 Å². The first-order valence-electron chi connectivity index (χ1n) is 8.36. The quantitative estimate of drug-likeness (QED) is 0.805. The van der Waals surface area contributed by atoms with Gasteiger partial charge in [-0.2, -0.15) is 0 Å². The standard InChI is InChI=1S/C21H22FNO/c1-2-15-24-21-6-4-3-5-19(21)16-23-13-11-18(12-14-23)17-7-9-20(22)10-8-17/h2-11H,1,12-16H2/p+1. The van der Waals surface area contributed by atoms with Crippen molar-refractivity contribution in [2.24, 2.45) is 0 Å². The van der Waals surface area contributed by atoms with Crippen molar-refractivity contribution in [3.8, 4) is 5.75 Å². The number of halogens is 1. The van der Waals surface area contributed by atoms with Crippen LogP contribution in [0, 0.1) is 5.82 Å². The second kappa shape index (κ2) is 7.93. The molecule has 0 amide bonds. The average Bonchev–Trinajstić information content (AvgIpc) is 2.62. The van der Waals surface area contributed by atoms with E-state index in [1.54, 1.807) is 6.08 Å². The van der Waals surface area contributed by atoms with Gasteiger partial charge in [0.25, 0.3) is 0 Å². The van der Waals surface area contributed by atoms with Crippen LogP contribution in [0.15, 0.2) is 67.3 Å². The summed E-state index contributed by atoms with van der Waals surface area (Å²) in [6, 6.07) is 15.0. The van der Waals surface area contributed by atoms with Crippen molar-refractivity contribution in [2.45, 2.75) is 13.0 Å². The predicted molar refractivity (Wildman–Crippen MR) is 95.5 cm³/mol. The third kappa shape index (κ3) is 4.12. The lowest BCUT2D eigenvalue weighted by Gasteiger charge is -2.24. The Labute approximate surface area is 142 Å². The number of nitrogens with one attached hydrogen (secondary N) is 1. The summed E-state index contributed by atoms with van der Waals surface area (Å²) >= 11 is 0. The van der Waals surface area contributed by atoms with Gasteiger partial charge in [-0.1, -0.05) is 36.9 Å². The lowest BCUT2D eigenvalue weighted by molar-refractivity contribution is -0.908. The first kappa shape index (κ1) is 16.5. The van der Waals surface area contributed by atoms with E-state index in [2.05, 4.69) is 24.8 Å². The van der Waals surface area contributed by atoms with Crippen LogP contribution in [0.3, 0.4) is 0 Å². The summed E-state index contributed by atoms with van der Waals surface area (Å²) in [5, 5.41) is 0. The van der Waals surface area contributed by atoms with Crippen molar-refractivity contribution in [1.29, 1.82) is 0 Å². The number of rotatable bonds is 6.